The minimum Gasteiger partial charge on any atom is -0.376 e. The molecule has 0 aliphatic carbocycles. The van der Waals surface area contributed by atoms with Crippen molar-refractivity contribution in [3.8, 4) is 0 Å². The SMILES string of the molecule is CC1CC(C(=O)NCC2CCCO2)CCN1. The van der Waals surface area contributed by atoms with Crippen molar-refractivity contribution >= 4 is 5.91 Å². The molecule has 0 spiro atoms. The molecule has 0 aromatic heterocycles. The fourth-order valence-electron chi connectivity index (χ4n) is 2.53. The third kappa shape index (κ3) is 3.19. The zero-order chi connectivity index (χ0) is 11.4. The third-order valence-corrected chi connectivity index (χ3v) is 3.52. The molecule has 0 aromatic carbocycles. The Morgan fingerprint density at radius 3 is 3.06 bits per heavy atom. The Balaban J connectivity index is 1.70. The van der Waals surface area contributed by atoms with Gasteiger partial charge in [-0.15, -0.1) is 0 Å². The van der Waals surface area contributed by atoms with Gasteiger partial charge in [0.15, 0.2) is 0 Å². The highest BCUT2D eigenvalue weighted by molar-refractivity contribution is 5.78. The van der Waals surface area contributed by atoms with Gasteiger partial charge < -0.3 is 15.4 Å². The number of hydrogen-bond donors (Lipinski definition) is 2. The highest BCUT2D eigenvalue weighted by Crippen LogP contribution is 2.16. The van der Waals surface area contributed by atoms with Gasteiger partial charge in [0.25, 0.3) is 0 Å². The van der Waals surface area contributed by atoms with Gasteiger partial charge in [0, 0.05) is 25.1 Å². The van der Waals surface area contributed by atoms with Crippen molar-refractivity contribution in [2.75, 3.05) is 19.7 Å². The van der Waals surface area contributed by atoms with E-state index in [1.54, 1.807) is 0 Å². The molecular formula is C12H22N2O2. The van der Waals surface area contributed by atoms with Crippen LogP contribution in [0.15, 0.2) is 0 Å². The van der Waals surface area contributed by atoms with E-state index in [-0.39, 0.29) is 17.9 Å². The molecule has 3 atom stereocenters. The maximum absolute atomic E-state index is 11.9. The third-order valence-electron chi connectivity index (χ3n) is 3.52. The molecule has 2 aliphatic rings. The predicted octanol–water partition coefficient (Wildman–Crippen LogP) is 0.670. The Labute approximate surface area is 97.1 Å². The summed E-state index contributed by atoms with van der Waals surface area (Å²) in [5, 5.41) is 6.38. The zero-order valence-corrected chi connectivity index (χ0v) is 10.00. The summed E-state index contributed by atoms with van der Waals surface area (Å²) in [5.74, 6) is 0.404. The molecule has 3 unspecified atom stereocenters. The highest BCUT2D eigenvalue weighted by Gasteiger charge is 2.25. The van der Waals surface area contributed by atoms with E-state index in [4.69, 9.17) is 4.74 Å². The maximum atomic E-state index is 11.9. The standard InChI is InChI=1S/C12H22N2O2/c1-9-7-10(4-5-13-9)12(15)14-8-11-3-2-6-16-11/h9-11,13H,2-8H2,1H3,(H,14,15). The molecule has 1 amide bonds. The summed E-state index contributed by atoms with van der Waals surface area (Å²) >= 11 is 0. The number of piperidine rings is 1. The summed E-state index contributed by atoms with van der Waals surface area (Å²) in [6.07, 6.45) is 4.38. The van der Waals surface area contributed by atoms with Gasteiger partial charge in [0.1, 0.15) is 0 Å². The van der Waals surface area contributed by atoms with Gasteiger partial charge in [-0.05, 0) is 39.2 Å². The van der Waals surface area contributed by atoms with Crippen LogP contribution in [-0.2, 0) is 9.53 Å². The monoisotopic (exact) mass is 226 g/mol. The Morgan fingerprint density at radius 2 is 2.38 bits per heavy atom. The van der Waals surface area contributed by atoms with Crippen LogP contribution in [-0.4, -0.2) is 37.7 Å². The molecule has 16 heavy (non-hydrogen) atoms. The van der Waals surface area contributed by atoms with Crippen molar-refractivity contribution in [3.05, 3.63) is 0 Å². The van der Waals surface area contributed by atoms with Crippen molar-refractivity contribution in [1.82, 2.24) is 10.6 Å². The van der Waals surface area contributed by atoms with Crippen molar-refractivity contribution in [3.63, 3.8) is 0 Å². The second-order valence-electron chi connectivity index (χ2n) is 4.96. The van der Waals surface area contributed by atoms with Crippen LogP contribution in [0.25, 0.3) is 0 Å². The topological polar surface area (TPSA) is 50.4 Å². The molecule has 4 heteroatoms. The van der Waals surface area contributed by atoms with E-state index in [0.29, 0.717) is 12.6 Å². The molecule has 92 valence electrons. The molecule has 2 aliphatic heterocycles. The number of amides is 1. The summed E-state index contributed by atoms with van der Waals surface area (Å²) in [5.41, 5.74) is 0. The number of hydrogen-bond acceptors (Lipinski definition) is 3. The number of ether oxygens (including phenoxy) is 1. The summed E-state index contributed by atoms with van der Waals surface area (Å²) in [6.45, 7) is 4.64. The molecule has 2 heterocycles. The molecule has 0 bridgehead atoms. The maximum Gasteiger partial charge on any atom is 0.223 e. The Hall–Kier alpha value is -0.610. The summed E-state index contributed by atoms with van der Waals surface area (Å²) in [6, 6.07) is 0.465. The Bertz CT molecular complexity index is 239. The van der Waals surface area contributed by atoms with E-state index < -0.39 is 0 Å². The van der Waals surface area contributed by atoms with Crippen molar-refractivity contribution in [1.29, 1.82) is 0 Å². The van der Waals surface area contributed by atoms with Crippen molar-refractivity contribution < 1.29 is 9.53 Å². The van der Waals surface area contributed by atoms with Crippen LogP contribution in [0.1, 0.15) is 32.6 Å². The van der Waals surface area contributed by atoms with Crippen LogP contribution < -0.4 is 10.6 Å². The molecule has 0 saturated carbocycles. The van der Waals surface area contributed by atoms with Gasteiger partial charge in [-0.25, -0.2) is 0 Å². The molecule has 2 fully saturated rings. The lowest BCUT2D eigenvalue weighted by Crippen LogP contribution is -2.43. The number of nitrogens with one attached hydrogen (secondary N) is 2. The van der Waals surface area contributed by atoms with Crippen LogP contribution >= 0.6 is 0 Å². The molecular weight excluding hydrogens is 204 g/mol. The van der Waals surface area contributed by atoms with Gasteiger partial charge in [-0.2, -0.15) is 0 Å². The Morgan fingerprint density at radius 1 is 1.50 bits per heavy atom. The fourth-order valence-corrected chi connectivity index (χ4v) is 2.53. The average molecular weight is 226 g/mol. The first kappa shape index (κ1) is 11.9. The number of carbonyl (C=O) groups is 1. The van der Waals surface area contributed by atoms with Gasteiger partial charge in [-0.1, -0.05) is 0 Å². The molecule has 0 aromatic rings. The van der Waals surface area contributed by atoms with Gasteiger partial charge in [-0.3, -0.25) is 4.79 Å². The minimum atomic E-state index is 0.192. The predicted molar refractivity (Wildman–Crippen MR) is 62.2 cm³/mol. The smallest absolute Gasteiger partial charge is 0.223 e. The molecule has 0 radical (unpaired) electrons. The van der Waals surface area contributed by atoms with Crippen LogP contribution in [0.4, 0.5) is 0 Å². The average Bonchev–Trinajstić information content (AvgIpc) is 2.78. The first-order valence-electron chi connectivity index (χ1n) is 6.38. The lowest BCUT2D eigenvalue weighted by atomic mass is 9.92. The van der Waals surface area contributed by atoms with E-state index in [1.807, 2.05) is 0 Å². The lowest BCUT2D eigenvalue weighted by molar-refractivity contribution is -0.126. The molecule has 4 nitrogen and oxygen atoms in total. The van der Waals surface area contributed by atoms with Crippen molar-refractivity contribution in [2.24, 2.45) is 5.92 Å². The first-order chi connectivity index (χ1) is 7.75. The quantitative estimate of drug-likeness (QED) is 0.743. The van der Waals surface area contributed by atoms with Gasteiger partial charge >= 0.3 is 0 Å². The van der Waals surface area contributed by atoms with E-state index >= 15 is 0 Å². The Kier molecular flexibility index (Phi) is 4.18. The first-order valence-corrected chi connectivity index (χ1v) is 6.38. The van der Waals surface area contributed by atoms with Crippen LogP contribution in [0.2, 0.25) is 0 Å². The molecule has 2 rings (SSSR count). The van der Waals surface area contributed by atoms with E-state index in [2.05, 4.69) is 17.6 Å². The minimum absolute atomic E-state index is 0.192. The zero-order valence-electron chi connectivity index (χ0n) is 10.00. The lowest BCUT2D eigenvalue weighted by Gasteiger charge is -2.27. The van der Waals surface area contributed by atoms with E-state index in [9.17, 15) is 4.79 Å². The van der Waals surface area contributed by atoms with E-state index in [0.717, 1.165) is 38.8 Å². The summed E-state index contributed by atoms with van der Waals surface area (Å²) in [4.78, 5) is 11.9. The largest absolute Gasteiger partial charge is 0.376 e. The summed E-state index contributed by atoms with van der Waals surface area (Å²) in [7, 11) is 0. The number of rotatable bonds is 3. The highest BCUT2D eigenvalue weighted by atomic mass is 16.5. The fraction of sp³-hybridized carbons (Fsp3) is 0.917. The van der Waals surface area contributed by atoms with Gasteiger partial charge in [0.05, 0.1) is 6.10 Å². The molecule has 2 saturated heterocycles. The summed E-state index contributed by atoms with van der Waals surface area (Å²) < 4.78 is 5.48. The second-order valence-corrected chi connectivity index (χ2v) is 4.96. The second kappa shape index (κ2) is 5.64. The van der Waals surface area contributed by atoms with Gasteiger partial charge in [0.2, 0.25) is 5.91 Å². The number of carbonyl (C=O) groups excluding carboxylic acids is 1. The molecule has 2 N–H and O–H groups in total. The van der Waals surface area contributed by atoms with Crippen LogP contribution in [0.5, 0.6) is 0 Å². The van der Waals surface area contributed by atoms with Crippen molar-refractivity contribution in [2.45, 2.75) is 44.8 Å². The van der Waals surface area contributed by atoms with Crippen LogP contribution in [0, 0.1) is 5.92 Å². The normalized spacial score (nSPS) is 34.9. The van der Waals surface area contributed by atoms with Crippen LogP contribution in [0.3, 0.4) is 0 Å². The van der Waals surface area contributed by atoms with E-state index in [1.165, 1.54) is 0 Å².